The van der Waals surface area contributed by atoms with Gasteiger partial charge in [0.2, 0.25) is 0 Å². The zero-order valence-corrected chi connectivity index (χ0v) is 15.0. The van der Waals surface area contributed by atoms with Gasteiger partial charge in [0.05, 0.1) is 4.92 Å². The number of benzene rings is 2. The van der Waals surface area contributed by atoms with Gasteiger partial charge in [0, 0.05) is 6.07 Å². The Morgan fingerprint density at radius 3 is 2.48 bits per heavy atom. The van der Waals surface area contributed by atoms with Crippen LogP contribution in [0.5, 0.6) is 5.75 Å². The van der Waals surface area contributed by atoms with Gasteiger partial charge in [-0.25, -0.2) is 0 Å². The Kier molecular flexibility index (Phi) is 6.78. The molecular formula is C17H16N4O5S. The first kappa shape index (κ1) is 19.8. The number of ether oxygens (including phenoxy) is 1. The lowest BCUT2D eigenvalue weighted by atomic mass is 10.1. The van der Waals surface area contributed by atoms with Gasteiger partial charge in [-0.1, -0.05) is 30.3 Å². The van der Waals surface area contributed by atoms with Crippen molar-refractivity contribution in [1.82, 2.24) is 16.2 Å². The van der Waals surface area contributed by atoms with E-state index in [0.717, 1.165) is 5.56 Å². The van der Waals surface area contributed by atoms with Gasteiger partial charge >= 0.3 is 0 Å². The quantitative estimate of drug-likeness (QED) is 0.404. The van der Waals surface area contributed by atoms with E-state index in [1.54, 1.807) is 12.1 Å². The summed E-state index contributed by atoms with van der Waals surface area (Å²) in [4.78, 5) is 34.1. The molecule has 10 heteroatoms. The first-order valence-corrected chi connectivity index (χ1v) is 8.11. The van der Waals surface area contributed by atoms with Gasteiger partial charge in [0.25, 0.3) is 17.5 Å². The molecule has 2 amide bonds. The Hall–Kier alpha value is -3.53. The summed E-state index contributed by atoms with van der Waals surface area (Å²) in [5.41, 5.74) is 4.97. The number of hydrogen-bond acceptors (Lipinski definition) is 6. The highest BCUT2D eigenvalue weighted by Crippen LogP contribution is 2.17. The Balaban J connectivity index is 1.82. The third-order valence-corrected chi connectivity index (χ3v) is 3.54. The summed E-state index contributed by atoms with van der Waals surface area (Å²) in [6.07, 6.45) is 0. The van der Waals surface area contributed by atoms with Crippen molar-refractivity contribution < 1.29 is 19.2 Å². The molecule has 140 valence electrons. The summed E-state index contributed by atoms with van der Waals surface area (Å²) >= 11 is 4.89. The molecule has 0 atom stereocenters. The highest BCUT2D eigenvalue weighted by atomic mass is 32.1. The number of thiocarbonyl (C=S) groups is 1. The molecule has 9 nitrogen and oxygen atoms in total. The second kappa shape index (κ2) is 9.25. The summed E-state index contributed by atoms with van der Waals surface area (Å²) in [6, 6.07) is 12.6. The zero-order chi connectivity index (χ0) is 19.8. The molecular weight excluding hydrogens is 372 g/mol. The molecule has 27 heavy (non-hydrogen) atoms. The molecule has 3 N–H and O–H groups in total. The highest BCUT2D eigenvalue weighted by molar-refractivity contribution is 7.80. The first-order chi connectivity index (χ1) is 12.9. The minimum Gasteiger partial charge on any atom is -0.483 e. The predicted molar refractivity (Wildman–Crippen MR) is 101 cm³/mol. The highest BCUT2D eigenvalue weighted by Gasteiger charge is 2.19. The van der Waals surface area contributed by atoms with Crippen LogP contribution in [0.4, 0.5) is 5.69 Å². The average Bonchev–Trinajstić information content (AvgIpc) is 2.65. The number of carbonyl (C=O) groups excluding carboxylic acids is 2. The van der Waals surface area contributed by atoms with Crippen molar-refractivity contribution in [2.75, 3.05) is 6.61 Å². The molecule has 0 fully saturated rings. The lowest BCUT2D eigenvalue weighted by Crippen LogP contribution is -2.49. The maximum absolute atomic E-state index is 12.1. The molecule has 0 saturated heterocycles. The van der Waals surface area contributed by atoms with Crippen molar-refractivity contribution >= 4 is 34.8 Å². The molecule has 2 aromatic carbocycles. The number of nitro groups is 1. The van der Waals surface area contributed by atoms with E-state index < -0.39 is 16.7 Å². The van der Waals surface area contributed by atoms with Crippen molar-refractivity contribution in [3.63, 3.8) is 0 Å². The third kappa shape index (κ3) is 5.75. The van der Waals surface area contributed by atoms with Gasteiger partial charge in [-0.15, -0.1) is 0 Å². The van der Waals surface area contributed by atoms with Crippen LogP contribution in [-0.4, -0.2) is 28.5 Å². The van der Waals surface area contributed by atoms with Crippen LogP contribution in [0.1, 0.15) is 15.9 Å². The van der Waals surface area contributed by atoms with Crippen LogP contribution in [0.2, 0.25) is 0 Å². The Bertz CT molecular complexity index is 887. The largest absolute Gasteiger partial charge is 0.483 e. The number of hydrogen-bond donors (Lipinski definition) is 3. The molecule has 2 aromatic rings. The second-order valence-corrected chi connectivity index (χ2v) is 5.69. The number of amides is 2. The maximum atomic E-state index is 12.1. The van der Waals surface area contributed by atoms with E-state index in [4.69, 9.17) is 17.0 Å². The van der Waals surface area contributed by atoms with Gasteiger partial charge < -0.3 is 4.74 Å². The van der Waals surface area contributed by atoms with Gasteiger partial charge in [0.15, 0.2) is 11.7 Å². The molecule has 0 radical (unpaired) electrons. The summed E-state index contributed by atoms with van der Waals surface area (Å²) in [5, 5.41) is 13.0. The Morgan fingerprint density at radius 2 is 1.78 bits per heavy atom. The fourth-order valence-corrected chi connectivity index (χ4v) is 2.19. The monoisotopic (exact) mass is 388 g/mol. The van der Waals surface area contributed by atoms with E-state index in [-0.39, 0.29) is 23.0 Å². The zero-order valence-electron chi connectivity index (χ0n) is 14.2. The van der Waals surface area contributed by atoms with Crippen LogP contribution in [-0.2, 0) is 4.79 Å². The van der Waals surface area contributed by atoms with Gasteiger partial charge in [-0.3, -0.25) is 35.9 Å². The van der Waals surface area contributed by atoms with Crippen LogP contribution in [0.3, 0.4) is 0 Å². The normalized spacial score (nSPS) is 9.81. The number of carbonyl (C=O) groups is 2. The number of nitrogens with zero attached hydrogens (tertiary/aromatic N) is 1. The molecule has 0 aromatic heterocycles. The lowest BCUT2D eigenvalue weighted by molar-refractivity contribution is -0.385. The van der Waals surface area contributed by atoms with Crippen molar-refractivity contribution in [2.24, 2.45) is 0 Å². The molecule has 0 bridgehead atoms. The molecule has 0 aliphatic carbocycles. The van der Waals surface area contributed by atoms with E-state index in [9.17, 15) is 19.7 Å². The molecule has 0 unspecified atom stereocenters. The van der Waals surface area contributed by atoms with Crippen molar-refractivity contribution in [1.29, 1.82) is 0 Å². The van der Waals surface area contributed by atoms with E-state index in [1.165, 1.54) is 24.3 Å². The van der Waals surface area contributed by atoms with E-state index in [2.05, 4.69) is 16.2 Å². The van der Waals surface area contributed by atoms with E-state index >= 15 is 0 Å². The number of nitrogens with one attached hydrogen (secondary N) is 3. The van der Waals surface area contributed by atoms with Gasteiger partial charge in [-0.05, 0) is 36.8 Å². The maximum Gasteiger partial charge on any atom is 0.282 e. The predicted octanol–water partition coefficient (Wildman–Crippen LogP) is 1.62. The second-order valence-electron chi connectivity index (χ2n) is 5.28. The fourth-order valence-electron chi connectivity index (χ4n) is 2.05. The van der Waals surface area contributed by atoms with Crippen LogP contribution < -0.4 is 20.9 Å². The smallest absolute Gasteiger partial charge is 0.282 e. The van der Waals surface area contributed by atoms with Crippen LogP contribution in [0.25, 0.3) is 0 Å². The third-order valence-electron chi connectivity index (χ3n) is 3.34. The standard InChI is InChI=1S/C17H16N4O5S/c1-11-6-2-5-9-14(11)26-10-15(22)19-20-17(27)18-16(23)12-7-3-4-8-13(12)21(24)25/h2-9H,10H2,1H3,(H,19,22)(H2,18,20,23,27). The minimum atomic E-state index is -0.773. The van der Waals surface area contributed by atoms with Gasteiger partial charge in [0.1, 0.15) is 11.3 Å². The molecule has 0 aliphatic rings. The van der Waals surface area contributed by atoms with E-state index in [0.29, 0.717) is 5.75 Å². The number of nitro benzene ring substituents is 1. The average molecular weight is 388 g/mol. The lowest BCUT2D eigenvalue weighted by Gasteiger charge is -2.12. The van der Waals surface area contributed by atoms with Gasteiger partial charge in [-0.2, -0.15) is 0 Å². The number of rotatable bonds is 5. The van der Waals surface area contributed by atoms with Crippen molar-refractivity contribution in [3.8, 4) is 5.75 Å². The SMILES string of the molecule is Cc1ccccc1OCC(=O)NNC(=S)NC(=O)c1ccccc1[N+](=O)[O-]. The summed E-state index contributed by atoms with van der Waals surface area (Å²) in [5.74, 6) is -0.731. The van der Waals surface area contributed by atoms with Crippen LogP contribution >= 0.6 is 12.2 Å². The van der Waals surface area contributed by atoms with Crippen LogP contribution in [0, 0.1) is 17.0 Å². The Morgan fingerprint density at radius 1 is 1.11 bits per heavy atom. The topological polar surface area (TPSA) is 123 Å². The summed E-state index contributed by atoms with van der Waals surface area (Å²) in [7, 11) is 0. The fraction of sp³-hybridized carbons (Fsp3) is 0.118. The van der Waals surface area contributed by atoms with Crippen molar-refractivity contribution in [2.45, 2.75) is 6.92 Å². The molecule has 2 rings (SSSR count). The number of hydrazine groups is 1. The number of para-hydroxylation sites is 2. The molecule has 0 aliphatic heterocycles. The molecule has 0 saturated carbocycles. The Labute approximate surface area is 159 Å². The van der Waals surface area contributed by atoms with Crippen molar-refractivity contribution in [3.05, 3.63) is 69.8 Å². The molecule has 0 spiro atoms. The first-order valence-electron chi connectivity index (χ1n) is 7.70. The van der Waals surface area contributed by atoms with E-state index in [1.807, 2.05) is 19.1 Å². The minimum absolute atomic E-state index is 0.152. The van der Waals surface area contributed by atoms with Crippen LogP contribution in [0.15, 0.2) is 48.5 Å². The summed E-state index contributed by atoms with van der Waals surface area (Å²) < 4.78 is 5.37. The molecule has 0 heterocycles. The summed E-state index contributed by atoms with van der Waals surface area (Å²) in [6.45, 7) is 1.58. The number of aryl methyl sites for hydroxylation is 1.